The number of carbonyl (C=O) groups excluding carboxylic acids is 1. The summed E-state index contributed by atoms with van der Waals surface area (Å²) in [6, 6.07) is 7.33. The highest BCUT2D eigenvalue weighted by molar-refractivity contribution is 5.93. The molecular weight excluding hydrogens is 204 g/mol. The van der Waals surface area contributed by atoms with Crippen LogP contribution in [0.5, 0.6) is 5.75 Å². The number of ether oxygens (including phenoxy) is 1. The molecule has 0 radical (unpaired) electrons. The molecule has 1 aromatic rings. The molecule has 0 aliphatic heterocycles. The number of rotatable bonds is 6. The predicted molar refractivity (Wildman–Crippen MR) is 63.6 cm³/mol. The summed E-state index contributed by atoms with van der Waals surface area (Å²) >= 11 is 0. The van der Waals surface area contributed by atoms with E-state index < -0.39 is 5.91 Å². The molecule has 0 spiro atoms. The third kappa shape index (κ3) is 4.31. The lowest BCUT2D eigenvalue weighted by Crippen LogP contribution is -2.27. The molecule has 3 N–H and O–H groups in total. The van der Waals surface area contributed by atoms with Gasteiger partial charge in [-0.15, -0.1) is 0 Å². The zero-order valence-electron chi connectivity index (χ0n) is 9.69. The van der Waals surface area contributed by atoms with Crippen LogP contribution in [0.1, 0.15) is 24.2 Å². The summed E-state index contributed by atoms with van der Waals surface area (Å²) in [6.07, 6.45) is 0. The van der Waals surface area contributed by atoms with Crippen LogP contribution < -0.4 is 15.8 Å². The summed E-state index contributed by atoms with van der Waals surface area (Å²) in [5.41, 5.74) is 5.64. The van der Waals surface area contributed by atoms with Crippen molar-refractivity contribution in [1.29, 1.82) is 0 Å². The van der Waals surface area contributed by atoms with Crippen molar-refractivity contribution in [2.75, 3.05) is 13.2 Å². The number of nitrogens with two attached hydrogens (primary N) is 1. The Hall–Kier alpha value is -1.55. The smallest absolute Gasteiger partial charge is 0.248 e. The number of nitrogens with one attached hydrogen (secondary N) is 1. The van der Waals surface area contributed by atoms with Gasteiger partial charge in [-0.1, -0.05) is 19.9 Å². The first-order chi connectivity index (χ1) is 7.59. The second-order valence-corrected chi connectivity index (χ2v) is 3.85. The number of primary amides is 1. The molecule has 0 fully saturated rings. The maximum absolute atomic E-state index is 10.9. The Morgan fingerprint density at radius 3 is 2.88 bits per heavy atom. The van der Waals surface area contributed by atoms with E-state index in [1.54, 1.807) is 18.2 Å². The first kappa shape index (κ1) is 12.5. The van der Waals surface area contributed by atoms with Gasteiger partial charge in [-0.3, -0.25) is 4.79 Å². The van der Waals surface area contributed by atoms with E-state index in [0.717, 1.165) is 6.54 Å². The van der Waals surface area contributed by atoms with Gasteiger partial charge in [-0.05, 0) is 18.2 Å². The monoisotopic (exact) mass is 222 g/mol. The van der Waals surface area contributed by atoms with Crippen LogP contribution in [0.25, 0.3) is 0 Å². The Morgan fingerprint density at radius 1 is 1.50 bits per heavy atom. The van der Waals surface area contributed by atoms with E-state index in [1.807, 2.05) is 6.07 Å². The van der Waals surface area contributed by atoms with E-state index in [4.69, 9.17) is 10.5 Å². The average Bonchev–Trinajstić information content (AvgIpc) is 2.24. The topological polar surface area (TPSA) is 64.3 Å². The van der Waals surface area contributed by atoms with Crippen molar-refractivity contribution in [1.82, 2.24) is 5.32 Å². The molecule has 88 valence electrons. The van der Waals surface area contributed by atoms with Gasteiger partial charge in [-0.2, -0.15) is 0 Å². The molecule has 0 aliphatic rings. The van der Waals surface area contributed by atoms with Gasteiger partial charge in [0.25, 0.3) is 0 Å². The first-order valence-electron chi connectivity index (χ1n) is 5.35. The van der Waals surface area contributed by atoms with Gasteiger partial charge in [0, 0.05) is 18.2 Å². The molecule has 1 amide bonds. The first-order valence-corrected chi connectivity index (χ1v) is 5.35. The van der Waals surface area contributed by atoms with Crippen molar-refractivity contribution in [3.8, 4) is 5.75 Å². The van der Waals surface area contributed by atoms with Gasteiger partial charge in [0.1, 0.15) is 12.4 Å². The van der Waals surface area contributed by atoms with Gasteiger partial charge in [0.05, 0.1) is 0 Å². The molecule has 0 aromatic heterocycles. The fourth-order valence-corrected chi connectivity index (χ4v) is 1.26. The Bertz CT molecular complexity index is 351. The molecule has 0 bridgehead atoms. The van der Waals surface area contributed by atoms with Crippen LogP contribution in [-0.4, -0.2) is 25.1 Å². The Morgan fingerprint density at radius 2 is 2.25 bits per heavy atom. The van der Waals surface area contributed by atoms with Gasteiger partial charge in [0.2, 0.25) is 5.91 Å². The van der Waals surface area contributed by atoms with Crippen molar-refractivity contribution < 1.29 is 9.53 Å². The number of carbonyl (C=O) groups is 1. The molecule has 1 aromatic carbocycles. The van der Waals surface area contributed by atoms with Gasteiger partial charge in [0.15, 0.2) is 0 Å². The molecule has 4 nitrogen and oxygen atoms in total. The number of hydrogen-bond acceptors (Lipinski definition) is 3. The molecule has 1 rings (SSSR count). The lowest BCUT2D eigenvalue weighted by Gasteiger charge is -2.10. The van der Waals surface area contributed by atoms with Crippen LogP contribution in [0.15, 0.2) is 24.3 Å². The molecular formula is C12H18N2O2. The van der Waals surface area contributed by atoms with Crippen LogP contribution >= 0.6 is 0 Å². The quantitative estimate of drug-likeness (QED) is 0.710. The van der Waals surface area contributed by atoms with Crippen molar-refractivity contribution in [2.24, 2.45) is 5.73 Å². The minimum absolute atomic E-state index is 0.439. The van der Waals surface area contributed by atoms with Crippen molar-refractivity contribution in [3.05, 3.63) is 29.8 Å². The minimum atomic E-state index is -0.439. The number of benzene rings is 1. The SMILES string of the molecule is CC(C)NCCOc1cccc(C(N)=O)c1. The van der Waals surface area contributed by atoms with Crippen molar-refractivity contribution in [3.63, 3.8) is 0 Å². The molecule has 0 heterocycles. The third-order valence-corrected chi connectivity index (χ3v) is 2.04. The number of amides is 1. The highest BCUT2D eigenvalue weighted by atomic mass is 16.5. The summed E-state index contributed by atoms with van der Waals surface area (Å²) in [5, 5.41) is 3.24. The van der Waals surface area contributed by atoms with E-state index in [-0.39, 0.29) is 0 Å². The molecule has 4 heteroatoms. The zero-order valence-corrected chi connectivity index (χ0v) is 9.69. The van der Waals surface area contributed by atoms with E-state index in [2.05, 4.69) is 19.2 Å². The number of hydrogen-bond donors (Lipinski definition) is 2. The highest BCUT2D eigenvalue weighted by Gasteiger charge is 2.01. The van der Waals surface area contributed by atoms with Crippen LogP contribution in [-0.2, 0) is 0 Å². The third-order valence-electron chi connectivity index (χ3n) is 2.04. The maximum atomic E-state index is 10.9. The normalized spacial score (nSPS) is 10.4. The van der Waals surface area contributed by atoms with Gasteiger partial charge < -0.3 is 15.8 Å². The standard InChI is InChI=1S/C12H18N2O2/c1-9(2)14-6-7-16-11-5-3-4-10(8-11)12(13)15/h3-5,8-9,14H,6-7H2,1-2H3,(H2,13,15). The average molecular weight is 222 g/mol. The van der Waals surface area contributed by atoms with Crippen LogP contribution in [0.4, 0.5) is 0 Å². The Kier molecular flexibility index (Phi) is 4.79. The van der Waals surface area contributed by atoms with E-state index in [0.29, 0.717) is 24.0 Å². The fourth-order valence-electron chi connectivity index (χ4n) is 1.26. The van der Waals surface area contributed by atoms with Gasteiger partial charge >= 0.3 is 0 Å². The molecule has 0 saturated carbocycles. The van der Waals surface area contributed by atoms with Gasteiger partial charge in [-0.25, -0.2) is 0 Å². The molecule has 0 atom stereocenters. The van der Waals surface area contributed by atoms with Crippen molar-refractivity contribution in [2.45, 2.75) is 19.9 Å². The predicted octanol–water partition coefficient (Wildman–Crippen LogP) is 1.16. The van der Waals surface area contributed by atoms with E-state index in [1.165, 1.54) is 0 Å². The van der Waals surface area contributed by atoms with Crippen LogP contribution in [0.3, 0.4) is 0 Å². The summed E-state index contributed by atoms with van der Waals surface area (Å²) in [5.74, 6) is 0.229. The summed E-state index contributed by atoms with van der Waals surface area (Å²) in [4.78, 5) is 10.9. The van der Waals surface area contributed by atoms with Crippen molar-refractivity contribution >= 4 is 5.91 Å². The lowest BCUT2D eigenvalue weighted by molar-refractivity contribution is 0.1000. The zero-order chi connectivity index (χ0) is 12.0. The Labute approximate surface area is 95.8 Å². The highest BCUT2D eigenvalue weighted by Crippen LogP contribution is 2.12. The summed E-state index contributed by atoms with van der Waals surface area (Å²) in [7, 11) is 0. The van der Waals surface area contributed by atoms with Crippen LogP contribution in [0.2, 0.25) is 0 Å². The van der Waals surface area contributed by atoms with E-state index in [9.17, 15) is 4.79 Å². The molecule has 16 heavy (non-hydrogen) atoms. The molecule has 0 aliphatic carbocycles. The minimum Gasteiger partial charge on any atom is -0.492 e. The Balaban J connectivity index is 2.42. The maximum Gasteiger partial charge on any atom is 0.248 e. The second kappa shape index (κ2) is 6.12. The summed E-state index contributed by atoms with van der Waals surface area (Å²) < 4.78 is 5.48. The van der Waals surface area contributed by atoms with E-state index >= 15 is 0 Å². The molecule has 0 saturated heterocycles. The lowest BCUT2D eigenvalue weighted by atomic mass is 10.2. The largest absolute Gasteiger partial charge is 0.492 e. The summed E-state index contributed by atoms with van der Waals surface area (Å²) in [6.45, 7) is 5.50. The van der Waals surface area contributed by atoms with Crippen LogP contribution in [0, 0.1) is 0 Å². The fraction of sp³-hybridized carbons (Fsp3) is 0.417. The molecule has 0 unspecified atom stereocenters. The second-order valence-electron chi connectivity index (χ2n) is 3.85.